The van der Waals surface area contributed by atoms with Gasteiger partial charge in [-0.15, -0.1) is 0 Å². The van der Waals surface area contributed by atoms with Gasteiger partial charge in [0.15, 0.2) is 0 Å². The van der Waals surface area contributed by atoms with Gasteiger partial charge in [0.2, 0.25) is 0 Å². The van der Waals surface area contributed by atoms with Gasteiger partial charge in [0.25, 0.3) is 0 Å². The average molecular weight is 657 g/mol. The molecule has 6 nitrogen and oxygen atoms in total. The van der Waals surface area contributed by atoms with Crippen LogP contribution in [0.5, 0.6) is 5.75 Å². The number of rotatable bonds is 17. The zero-order chi connectivity index (χ0) is 32.8. The highest BCUT2D eigenvalue weighted by Gasteiger charge is 2.80. The summed E-state index contributed by atoms with van der Waals surface area (Å²) in [5.74, 6) is -24.3. The van der Waals surface area contributed by atoms with Gasteiger partial charge >= 0.3 is 38.1 Å². The van der Waals surface area contributed by atoms with E-state index >= 15 is 0 Å². The summed E-state index contributed by atoms with van der Waals surface area (Å²) in [6, 6.07) is 12.8. The third kappa shape index (κ3) is 7.43. The van der Waals surface area contributed by atoms with Gasteiger partial charge in [-0.3, -0.25) is 0 Å². The van der Waals surface area contributed by atoms with Crippen LogP contribution in [0.3, 0.4) is 0 Å². The third-order valence-corrected chi connectivity index (χ3v) is 9.68. The Morgan fingerprint density at radius 2 is 1.27 bits per heavy atom. The van der Waals surface area contributed by atoms with Crippen molar-refractivity contribution in [1.29, 1.82) is 0 Å². The van der Waals surface area contributed by atoms with Crippen molar-refractivity contribution in [1.82, 2.24) is 0 Å². The molecule has 0 amide bonds. The average Bonchev–Trinajstić information content (AvgIpc) is 2.96. The van der Waals surface area contributed by atoms with E-state index in [1.54, 1.807) is 30.3 Å². The van der Waals surface area contributed by atoms with Gasteiger partial charge in [0, 0.05) is 43.7 Å². The zero-order valence-corrected chi connectivity index (χ0v) is 25.1. The van der Waals surface area contributed by atoms with E-state index < -0.39 is 63.6 Å². The fraction of sp³-hybridized carbons (Fsp3) is 0.483. The van der Waals surface area contributed by atoms with Gasteiger partial charge < -0.3 is 22.4 Å². The van der Waals surface area contributed by atoms with Gasteiger partial charge in [-0.25, -0.2) is 4.79 Å². The van der Waals surface area contributed by atoms with E-state index in [0.29, 0.717) is 10.9 Å². The molecule has 0 bridgehead atoms. The molecule has 0 aliphatic heterocycles. The third-order valence-electron chi connectivity index (χ3n) is 6.63. The van der Waals surface area contributed by atoms with E-state index in [9.17, 15) is 39.9 Å². The van der Waals surface area contributed by atoms with Crippen LogP contribution in [0.1, 0.15) is 33.6 Å². The normalized spacial score (nSPS) is 13.4. The number of fused-ring (bicyclic) bond motifs is 1. The SMILES string of the molecule is CCO[Si](CCC(F)(F)C(F)(F)C(F)(F)C(F)(F)CCOc1ccc2cc(-c3ccccc3)c(=O)oc2c1)(OCC)OCC. The highest BCUT2D eigenvalue weighted by atomic mass is 28.4. The quantitative estimate of drug-likeness (QED) is 0.0829. The molecule has 3 rings (SSSR count). The highest BCUT2D eigenvalue weighted by molar-refractivity contribution is 6.60. The van der Waals surface area contributed by atoms with Crippen LogP contribution < -0.4 is 10.4 Å². The van der Waals surface area contributed by atoms with Crippen molar-refractivity contribution in [2.24, 2.45) is 0 Å². The maximum absolute atomic E-state index is 14.6. The van der Waals surface area contributed by atoms with Crippen molar-refractivity contribution in [3.63, 3.8) is 0 Å². The maximum atomic E-state index is 14.6. The lowest BCUT2D eigenvalue weighted by Gasteiger charge is -2.38. The summed E-state index contributed by atoms with van der Waals surface area (Å²) in [4.78, 5) is 12.4. The van der Waals surface area contributed by atoms with Crippen LogP contribution >= 0.6 is 0 Å². The first kappa shape index (κ1) is 35.5. The molecule has 0 N–H and O–H groups in total. The molecule has 15 heteroatoms. The summed E-state index contributed by atoms with van der Waals surface area (Å²) in [6.07, 6.45) is -3.99. The summed E-state index contributed by atoms with van der Waals surface area (Å²) in [5.41, 5.74) is 0.0708. The minimum absolute atomic E-state index is 0.0266. The first-order valence-corrected chi connectivity index (χ1v) is 15.7. The molecule has 0 aliphatic carbocycles. The molecule has 0 aliphatic rings. The molecule has 0 radical (unpaired) electrons. The second kappa shape index (κ2) is 14.0. The first-order valence-electron chi connectivity index (χ1n) is 13.8. The highest BCUT2D eigenvalue weighted by Crippen LogP contribution is 2.55. The zero-order valence-electron chi connectivity index (χ0n) is 24.1. The van der Waals surface area contributed by atoms with Gasteiger partial charge in [-0.1, -0.05) is 30.3 Å². The summed E-state index contributed by atoms with van der Waals surface area (Å²) >= 11 is 0. The van der Waals surface area contributed by atoms with E-state index in [1.807, 2.05) is 0 Å². The molecule has 2 aromatic carbocycles. The van der Waals surface area contributed by atoms with Crippen molar-refractivity contribution < 1.29 is 57.6 Å². The van der Waals surface area contributed by atoms with Crippen LogP contribution in [-0.2, 0) is 13.3 Å². The number of hydrogen-bond acceptors (Lipinski definition) is 6. The Morgan fingerprint density at radius 1 is 0.727 bits per heavy atom. The molecule has 0 unspecified atom stereocenters. The Labute approximate surface area is 249 Å². The van der Waals surface area contributed by atoms with Gasteiger partial charge in [0.1, 0.15) is 11.3 Å². The van der Waals surface area contributed by atoms with E-state index in [4.69, 9.17) is 22.4 Å². The van der Waals surface area contributed by atoms with E-state index in [0.717, 1.165) is 6.07 Å². The Bertz CT molecular complexity index is 1420. The standard InChI is InChI=1S/C29H32F8O6Si/c1-4-40-44(41-5-2,42-6-3)17-15-27(32,33)29(36,37)28(34,35)26(30,31)14-16-39-22-13-12-21-18-23(20-10-8-7-9-11-20)25(38)43-24(21)19-22/h7-13,18-19H,4-6,14-17H2,1-3H3. The van der Waals surface area contributed by atoms with Gasteiger partial charge in [-0.2, -0.15) is 35.1 Å². The lowest BCUT2D eigenvalue weighted by molar-refractivity contribution is -0.367. The molecule has 0 spiro atoms. The monoisotopic (exact) mass is 656 g/mol. The Morgan fingerprint density at radius 3 is 1.82 bits per heavy atom. The minimum Gasteiger partial charge on any atom is -0.493 e. The van der Waals surface area contributed by atoms with Crippen molar-refractivity contribution >= 4 is 19.8 Å². The number of alkyl halides is 8. The van der Waals surface area contributed by atoms with Crippen molar-refractivity contribution in [2.75, 3.05) is 26.4 Å². The molecular weight excluding hydrogens is 624 g/mol. The van der Waals surface area contributed by atoms with Crippen molar-refractivity contribution in [3.8, 4) is 16.9 Å². The smallest absolute Gasteiger partial charge is 0.493 e. The number of hydrogen-bond donors (Lipinski definition) is 0. The van der Waals surface area contributed by atoms with Crippen molar-refractivity contribution in [3.05, 3.63) is 65.0 Å². The van der Waals surface area contributed by atoms with Gasteiger partial charge in [0.05, 0.1) is 18.6 Å². The maximum Gasteiger partial charge on any atom is 0.501 e. The first-order chi connectivity index (χ1) is 20.6. The predicted octanol–water partition coefficient (Wildman–Crippen LogP) is 8.21. The summed E-state index contributed by atoms with van der Waals surface area (Å²) in [5, 5.41) is 0.416. The molecule has 0 saturated carbocycles. The fourth-order valence-corrected chi connectivity index (χ4v) is 7.00. The van der Waals surface area contributed by atoms with Crippen molar-refractivity contribution in [2.45, 2.75) is 63.3 Å². The fourth-order valence-electron chi connectivity index (χ4n) is 4.38. The van der Waals surface area contributed by atoms with E-state index in [2.05, 4.69) is 0 Å². The Hall–Kier alpha value is -3.01. The molecule has 1 heterocycles. The number of benzene rings is 2. The van der Waals surface area contributed by atoms with Crippen LogP contribution in [0.25, 0.3) is 22.1 Å². The summed E-state index contributed by atoms with van der Waals surface area (Å²) < 4.78 is 142. The van der Waals surface area contributed by atoms with E-state index in [-0.39, 0.29) is 36.7 Å². The molecule has 0 fully saturated rings. The Balaban J connectivity index is 1.72. The van der Waals surface area contributed by atoms with Crippen LogP contribution in [0.2, 0.25) is 6.04 Å². The predicted molar refractivity (Wildman–Crippen MR) is 148 cm³/mol. The van der Waals surface area contributed by atoms with Gasteiger partial charge in [-0.05, 0) is 44.5 Å². The molecule has 0 atom stereocenters. The second-order valence-electron chi connectivity index (χ2n) is 9.65. The largest absolute Gasteiger partial charge is 0.501 e. The van der Waals surface area contributed by atoms with Crippen LogP contribution in [-0.4, -0.2) is 58.9 Å². The number of halogens is 8. The molecule has 1 aromatic heterocycles. The molecule has 3 aromatic rings. The molecule has 0 saturated heterocycles. The molecule has 244 valence electrons. The van der Waals surface area contributed by atoms with E-state index in [1.165, 1.54) is 39.0 Å². The minimum atomic E-state index is -6.47. The molecular formula is C29H32F8O6Si. The lowest BCUT2D eigenvalue weighted by atomic mass is 9.95. The summed E-state index contributed by atoms with van der Waals surface area (Å²) in [6.45, 7) is 2.79. The second-order valence-corrected chi connectivity index (χ2v) is 12.4. The Kier molecular flexibility index (Phi) is 11.3. The summed E-state index contributed by atoms with van der Waals surface area (Å²) in [7, 11) is -3.98. The topological polar surface area (TPSA) is 67.1 Å². The van der Waals surface area contributed by atoms with Crippen LogP contribution in [0.4, 0.5) is 35.1 Å². The number of ether oxygens (including phenoxy) is 1. The lowest BCUT2D eigenvalue weighted by Crippen LogP contribution is -2.62. The van der Waals surface area contributed by atoms with Crippen LogP contribution in [0.15, 0.2) is 63.8 Å². The van der Waals surface area contributed by atoms with Crippen LogP contribution in [0, 0.1) is 0 Å². The molecule has 44 heavy (non-hydrogen) atoms.